The number of carbonyl (C=O) groups is 2. The maximum atomic E-state index is 12.1. The van der Waals surface area contributed by atoms with Gasteiger partial charge in [-0.25, -0.2) is 9.79 Å². The molecule has 0 aromatic carbocycles. The summed E-state index contributed by atoms with van der Waals surface area (Å²) in [7, 11) is 1.51. The molecule has 2 rings (SSSR count). The zero-order chi connectivity index (χ0) is 13.8. The Labute approximate surface area is 107 Å². The van der Waals surface area contributed by atoms with Gasteiger partial charge >= 0.3 is 5.97 Å². The van der Waals surface area contributed by atoms with Crippen molar-refractivity contribution in [2.24, 2.45) is 16.3 Å². The van der Waals surface area contributed by atoms with Gasteiger partial charge in [0.25, 0.3) is 0 Å². The summed E-state index contributed by atoms with van der Waals surface area (Å²) in [4.78, 5) is 27.3. The molecule has 100 valence electrons. The number of rotatable bonds is 1. The maximum Gasteiger partial charge on any atom is 0.336 e. The molecule has 0 bridgehead atoms. The van der Waals surface area contributed by atoms with Crippen LogP contribution in [0.5, 0.6) is 0 Å². The molecule has 0 saturated heterocycles. The van der Waals surface area contributed by atoms with E-state index in [9.17, 15) is 9.59 Å². The Balaban J connectivity index is 2.46. The highest BCUT2D eigenvalue weighted by atomic mass is 16.6. The first-order valence-electron chi connectivity index (χ1n) is 6.04. The summed E-state index contributed by atoms with van der Waals surface area (Å²) < 4.78 is 10.9. The Bertz CT molecular complexity index is 437. The second kappa shape index (κ2) is 3.56. The van der Waals surface area contributed by atoms with Crippen molar-refractivity contribution in [3.05, 3.63) is 0 Å². The predicted octanol–water partition coefficient (Wildman–Crippen LogP) is 1.35. The van der Waals surface area contributed by atoms with E-state index < -0.39 is 17.1 Å². The number of nitrogens with zero attached hydrogens (tertiary/aromatic N) is 1. The molecule has 3 atom stereocenters. The average molecular weight is 253 g/mol. The fourth-order valence-electron chi connectivity index (χ4n) is 2.17. The average Bonchev–Trinajstić information content (AvgIpc) is 2.97. The molecule has 18 heavy (non-hydrogen) atoms. The number of cyclic esters (lactones) is 1. The van der Waals surface area contributed by atoms with Gasteiger partial charge in [0.05, 0.1) is 13.0 Å². The Morgan fingerprint density at radius 3 is 2.50 bits per heavy atom. The van der Waals surface area contributed by atoms with Gasteiger partial charge in [0.2, 0.25) is 5.90 Å². The summed E-state index contributed by atoms with van der Waals surface area (Å²) in [5.74, 6) is -0.406. The molecule has 1 saturated carbocycles. The standard InChI is InChI=1S/C13H19NO4/c1-11(2,3)12(4)9(17-5)14-13(10(16)18-12)6-8(13)7-15/h7-8H,6H2,1-5H3/t8-,12+,13-/m0/s1. The first-order valence-corrected chi connectivity index (χ1v) is 6.04. The second-order valence-corrected chi connectivity index (χ2v) is 6.16. The van der Waals surface area contributed by atoms with Gasteiger partial charge in [0.15, 0.2) is 11.1 Å². The van der Waals surface area contributed by atoms with E-state index in [0.717, 1.165) is 6.29 Å². The third kappa shape index (κ3) is 1.49. The SMILES string of the molecule is COC1=N[C@]2(C[C@H]2C=O)C(=O)O[C@@]1(C)C(C)(C)C. The molecule has 5 heteroatoms. The van der Waals surface area contributed by atoms with Crippen molar-refractivity contribution in [1.29, 1.82) is 0 Å². The summed E-state index contributed by atoms with van der Waals surface area (Å²) in [6, 6.07) is 0. The summed E-state index contributed by atoms with van der Waals surface area (Å²) in [5, 5.41) is 0. The van der Waals surface area contributed by atoms with Crippen LogP contribution in [0.15, 0.2) is 4.99 Å². The first kappa shape index (κ1) is 13.1. The van der Waals surface area contributed by atoms with Crippen molar-refractivity contribution >= 4 is 18.2 Å². The monoisotopic (exact) mass is 253 g/mol. The predicted molar refractivity (Wildman–Crippen MR) is 65.3 cm³/mol. The quantitative estimate of drug-likeness (QED) is 0.522. The Hall–Kier alpha value is -1.39. The van der Waals surface area contributed by atoms with Crippen LogP contribution in [-0.4, -0.2) is 36.4 Å². The van der Waals surface area contributed by atoms with Crippen LogP contribution in [0.25, 0.3) is 0 Å². The van der Waals surface area contributed by atoms with Crippen LogP contribution in [0.2, 0.25) is 0 Å². The molecule has 1 fully saturated rings. The van der Waals surface area contributed by atoms with Gasteiger partial charge in [-0.2, -0.15) is 0 Å². The topological polar surface area (TPSA) is 65.0 Å². The molecular formula is C13H19NO4. The number of aliphatic imine (C=N–C) groups is 1. The largest absolute Gasteiger partial charge is 0.481 e. The van der Waals surface area contributed by atoms with E-state index in [0.29, 0.717) is 12.3 Å². The highest BCUT2D eigenvalue weighted by Gasteiger charge is 2.68. The lowest BCUT2D eigenvalue weighted by atomic mass is 9.76. The smallest absolute Gasteiger partial charge is 0.336 e. The van der Waals surface area contributed by atoms with E-state index >= 15 is 0 Å². The van der Waals surface area contributed by atoms with Crippen LogP contribution in [0.3, 0.4) is 0 Å². The van der Waals surface area contributed by atoms with Gasteiger partial charge in [-0.05, 0) is 13.3 Å². The second-order valence-electron chi connectivity index (χ2n) is 6.16. The zero-order valence-corrected chi connectivity index (χ0v) is 11.4. The number of carbonyl (C=O) groups excluding carboxylic acids is 2. The van der Waals surface area contributed by atoms with Crippen LogP contribution >= 0.6 is 0 Å². The van der Waals surface area contributed by atoms with Crippen LogP contribution in [0.4, 0.5) is 0 Å². The van der Waals surface area contributed by atoms with Gasteiger partial charge in [-0.3, -0.25) is 0 Å². The van der Waals surface area contributed by atoms with Crippen LogP contribution in [0.1, 0.15) is 34.1 Å². The molecule has 0 unspecified atom stereocenters. The number of hydrogen-bond donors (Lipinski definition) is 0. The minimum atomic E-state index is -1.02. The van der Waals surface area contributed by atoms with E-state index in [1.165, 1.54) is 7.11 Å². The van der Waals surface area contributed by atoms with Crippen molar-refractivity contribution in [3.63, 3.8) is 0 Å². The fourth-order valence-corrected chi connectivity index (χ4v) is 2.17. The van der Waals surface area contributed by atoms with Crippen molar-refractivity contribution in [2.45, 2.75) is 45.3 Å². The third-order valence-electron chi connectivity index (χ3n) is 4.13. The number of hydrogen-bond acceptors (Lipinski definition) is 5. The Morgan fingerprint density at radius 2 is 2.11 bits per heavy atom. The van der Waals surface area contributed by atoms with E-state index in [2.05, 4.69) is 4.99 Å². The number of esters is 1. The lowest BCUT2D eigenvalue weighted by Gasteiger charge is -2.43. The summed E-state index contributed by atoms with van der Waals surface area (Å²) in [5.41, 5.74) is -2.26. The number of methoxy groups -OCH3 is 1. The van der Waals surface area contributed by atoms with Crippen LogP contribution in [-0.2, 0) is 19.1 Å². The maximum absolute atomic E-state index is 12.1. The molecular weight excluding hydrogens is 234 g/mol. The van der Waals surface area contributed by atoms with Gasteiger partial charge in [0, 0.05) is 5.41 Å². The van der Waals surface area contributed by atoms with E-state index in [1.807, 2.05) is 20.8 Å². The number of ether oxygens (including phenoxy) is 2. The molecule has 0 N–H and O–H groups in total. The molecule has 1 spiro atoms. The lowest BCUT2D eigenvalue weighted by molar-refractivity contribution is -0.168. The molecule has 0 radical (unpaired) electrons. The van der Waals surface area contributed by atoms with Gasteiger partial charge in [0.1, 0.15) is 6.29 Å². The van der Waals surface area contributed by atoms with E-state index in [-0.39, 0.29) is 11.3 Å². The Morgan fingerprint density at radius 1 is 1.50 bits per heavy atom. The summed E-state index contributed by atoms with van der Waals surface area (Å²) in [6.45, 7) is 7.66. The lowest BCUT2D eigenvalue weighted by Crippen LogP contribution is -2.57. The van der Waals surface area contributed by atoms with Gasteiger partial charge in [-0.15, -0.1) is 0 Å². The van der Waals surface area contributed by atoms with Crippen molar-refractivity contribution in [2.75, 3.05) is 7.11 Å². The fraction of sp³-hybridized carbons (Fsp3) is 0.769. The van der Waals surface area contributed by atoms with Gasteiger partial charge in [-0.1, -0.05) is 20.8 Å². The summed E-state index contributed by atoms with van der Waals surface area (Å²) in [6.07, 6.45) is 1.18. The zero-order valence-electron chi connectivity index (χ0n) is 11.4. The van der Waals surface area contributed by atoms with Crippen LogP contribution in [0, 0.1) is 11.3 Å². The van der Waals surface area contributed by atoms with E-state index in [1.54, 1.807) is 6.92 Å². The molecule has 0 aromatic heterocycles. The normalized spacial score (nSPS) is 39.1. The van der Waals surface area contributed by atoms with Gasteiger partial charge < -0.3 is 14.3 Å². The molecule has 1 aliphatic heterocycles. The molecule has 1 heterocycles. The molecule has 1 aliphatic carbocycles. The first-order chi connectivity index (χ1) is 8.21. The van der Waals surface area contributed by atoms with Crippen molar-refractivity contribution in [1.82, 2.24) is 0 Å². The van der Waals surface area contributed by atoms with Crippen molar-refractivity contribution < 1.29 is 19.1 Å². The highest BCUT2D eigenvalue weighted by Crippen LogP contribution is 2.52. The van der Waals surface area contributed by atoms with E-state index in [4.69, 9.17) is 9.47 Å². The number of aldehydes is 1. The highest BCUT2D eigenvalue weighted by molar-refractivity contribution is 6.01. The van der Waals surface area contributed by atoms with Crippen LogP contribution < -0.4 is 0 Å². The molecule has 2 aliphatic rings. The molecule has 0 amide bonds. The minimum absolute atomic E-state index is 0.343. The summed E-state index contributed by atoms with van der Waals surface area (Å²) >= 11 is 0. The molecule has 5 nitrogen and oxygen atoms in total. The minimum Gasteiger partial charge on any atom is -0.481 e. The molecule has 0 aromatic rings. The Kier molecular flexibility index (Phi) is 2.58. The third-order valence-corrected chi connectivity index (χ3v) is 4.13. The van der Waals surface area contributed by atoms with Crippen molar-refractivity contribution in [3.8, 4) is 0 Å².